The molecular formula is C38H30Cl3N7O14S. The number of sulfonamides is 1. The molecule has 0 saturated carbocycles. The van der Waals surface area contributed by atoms with Crippen LogP contribution in [0.4, 0.5) is 16.4 Å². The predicted octanol–water partition coefficient (Wildman–Crippen LogP) is 7.23. The molecule has 0 aliphatic carbocycles. The summed E-state index contributed by atoms with van der Waals surface area (Å²) < 4.78 is 46.1. The summed E-state index contributed by atoms with van der Waals surface area (Å²) in [7, 11) is -1.98. The zero-order valence-electron chi connectivity index (χ0n) is 32.4. The standard InChI is InChI=1S/C14H9Cl2NO5.C13H13N5O6S.C11H8ClNO3/c1-21-14(18)10-7-9(3-4-12(10)17(19)20)22-13-5-2-8(15)6-11(13)16;1-7-14-11(17-13(15-7)24-2)16-12(21)18-25(22,23)9-6-4-3-5-8(9)10(19)20;12-8-3-4-9(16-6-10(14)15)11-7(8)2-1-5-13-11/h2-7H,1H3;3-6H,1-2H3,(H,19,20)(H2,14,15,16,17,18,21);1-5H,6H2,(H,14,15). The molecule has 21 nitrogen and oxygen atoms in total. The second-order valence-corrected chi connectivity index (χ2v) is 14.7. The Morgan fingerprint density at radius 2 is 1.56 bits per heavy atom. The van der Waals surface area contributed by atoms with Gasteiger partial charge in [0, 0.05) is 28.7 Å². The molecule has 2 amide bonds. The number of nitro benzene ring substituents is 1. The Labute approximate surface area is 370 Å². The Hall–Kier alpha value is -7.40. The number of carboxylic acids is 2. The molecule has 0 bridgehead atoms. The number of aromatic nitrogens is 4. The maximum Gasteiger partial charge on any atom is 0.345 e. The zero-order valence-corrected chi connectivity index (χ0v) is 35.5. The number of carboxylic acid groups (broad SMARTS) is 2. The van der Waals surface area contributed by atoms with Gasteiger partial charge in [0.25, 0.3) is 15.7 Å². The second kappa shape index (κ2) is 21.9. The highest BCUT2D eigenvalue weighted by molar-refractivity contribution is 7.90. The molecule has 0 saturated heterocycles. The summed E-state index contributed by atoms with van der Waals surface area (Å²) >= 11 is 17.7. The van der Waals surface area contributed by atoms with Gasteiger partial charge in [-0.3, -0.25) is 20.4 Å². The monoisotopic (exact) mass is 945 g/mol. The van der Waals surface area contributed by atoms with Crippen LogP contribution in [0.1, 0.15) is 26.5 Å². The minimum absolute atomic E-state index is 0.0677. The summed E-state index contributed by atoms with van der Waals surface area (Å²) in [4.78, 5) is 70.2. The highest BCUT2D eigenvalue weighted by Crippen LogP contribution is 2.34. The molecule has 0 radical (unpaired) electrons. The number of nitro groups is 1. The number of aryl methyl sites for hydroxylation is 1. The van der Waals surface area contributed by atoms with Crippen LogP contribution in [-0.2, 0) is 19.6 Å². The zero-order chi connectivity index (χ0) is 46.4. The Kier molecular flexibility index (Phi) is 16.8. The SMILES string of the molecule is COC(=O)c1cc(Oc2ccc(Cl)cc2Cl)ccc1[N+](=O)[O-].COc1nc(C)nc(NC(=O)NS(=O)(=O)c2ccccc2C(=O)O)n1.O=C(O)COc1ccc(Cl)c2cccnc12. The molecule has 0 aliphatic rings. The highest BCUT2D eigenvalue weighted by atomic mass is 35.5. The van der Waals surface area contributed by atoms with E-state index in [1.807, 2.05) is 0 Å². The predicted molar refractivity (Wildman–Crippen MR) is 225 cm³/mol. The molecular weight excluding hydrogens is 917 g/mol. The first kappa shape index (κ1) is 48.3. The van der Waals surface area contributed by atoms with Crippen molar-refractivity contribution < 1.29 is 61.7 Å². The Morgan fingerprint density at radius 1 is 0.841 bits per heavy atom. The third-order valence-electron chi connectivity index (χ3n) is 7.49. The third kappa shape index (κ3) is 13.5. The first-order chi connectivity index (χ1) is 29.8. The lowest BCUT2D eigenvalue weighted by Crippen LogP contribution is -2.35. The number of aliphatic carboxylic acids is 1. The van der Waals surface area contributed by atoms with Crippen molar-refractivity contribution in [3.63, 3.8) is 0 Å². The fraction of sp³-hybridized carbons (Fsp3) is 0.105. The van der Waals surface area contributed by atoms with Crippen molar-refractivity contribution in [1.82, 2.24) is 24.7 Å². The van der Waals surface area contributed by atoms with Gasteiger partial charge in [0.15, 0.2) is 6.61 Å². The van der Waals surface area contributed by atoms with Crippen molar-refractivity contribution in [3.05, 3.63) is 133 Å². The van der Waals surface area contributed by atoms with Crippen molar-refractivity contribution in [3.8, 4) is 23.3 Å². The number of fused-ring (bicyclic) bond motifs is 1. The normalized spacial score (nSPS) is 10.4. The molecule has 6 aromatic rings. The molecule has 4 N–H and O–H groups in total. The van der Waals surface area contributed by atoms with E-state index in [0.29, 0.717) is 27.1 Å². The van der Waals surface area contributed by atoms with Gasteiger partial charge in [-0.05, 0) is 67.6 Å². The van der Waals surface area contributed by atoms with E-state index in [9.17, 15) is 37.7 Å². The minimum atomic E-state index is -4.43. The number of rotatable bonds is 12. The summed E-state index contributed by atoms with van der Waals surface area (Å²) in [6.07, 6.45) is 1.60. The number of methoxy groups -OCH3 is 2. The number of nitrogens with zero attached hydrogens (tertiary/aromatic N) is 5. The lowest BCUT2D eigenvalue weighted by Gasteiger charge is -2.10. The number of aromatic carboxylic acids is 1. The summed E-state index contributed by atoms with van der Waals surface area (Å²) in [5.41, 5.74) is -0.492. The van der Waals surface area contributed by atoms with Crippen molar-refractivity contribution in [2.24, 2.45) is 0 Å². The van der Waals surface area contributed by atoms with Crippen LogP contribution in [0.2, 0.25) is 15.1 Å². The van der Waals surface area contributed by atoms with Crippen LogP contribution < -0.4 is 24.2 Å². The number of carbonyl (C=O) groups excluding carboxylic acids is 2. The molecule has 0 aliphatic heterocycles. The Morgan fingerprint density at radius 3 is 2.21 bits per heavy atom. The molecule has 4 aromatic carbocycles. The molecule has 0 atom stereocenters. The average Bonchev–Trinajstić information content (AvgIpc) is 3.24. The van der Waals surface area contributed by atoms with Gasteiger partial charge < -0.3 is 29.2 Å². The van der Waals surface area contributed by atoms with Crippen molar-refractivity contribution in [2.75, 3.05) is 26.1 Å². The maximum absolute atomic E-state index is 12.2. The molecule has 0 fully saturated rings. The number of carbonyl (C=O) groups is 4. The number of anilines is 1. The smallest absolute Gasteiger partial charge is 0.345 e. The summed E-state index contributed by atoms with van der Waals surface area (Å²) in [6.45, 7) is 1.13. The van der Waals surface area contributed by atoms with E-state index in [1.54, 1.807) is 47.3 Å². The largest absolute Gasteiger partial charge is 0.480 e. The first-order valence-electron chi connectivity index (χ1n) is 17.1. The topological polar surface area (TPSA) is 299 Å². The Balaban J connectivity index is 0.000000212. The number of nitrogens with one attached hydrogen (secondary N) is 2. The van der Waals surface area contributed by atoms with Gasteiger partial charge in [0.1, 0.15) is 39.0 Å². The fourth-order valence-corrected chi connectivity index (χ4v) is 6.62. The number of amides is 2. The molecule has 0 unspecified atom stereocenters. The third-order valence-corrected chi connectivity index (χ3v) is 9.74. The molecule has 63 heavy (non-hydrogen) atoms. The van der Waals surface area contributed by atoms with Gasteiger partial charge in [-0.2, -0.15) is 15.0 Å². The van der Waals surface area contributed by atoms with Crippen molar-refractivity contribution in [1.29, 1.82) is 0 Å². The molecule has 6 rings (SSSR count). The van der Waals surface area contributed by atoms with E-state index >= 15 is 0 Å². The van der Waals surface area contributed by atoms with Gasteiger partial charge in [0.2, 0.25) is 5.95 Å². The van der Waals surface area contributed by atoms with E-state index in [4.69, 9.17) is 59.2 Å². The summed E-state index contributed by atoms with van der Waals surface area (Å²) in [5.74, 6) is -2.38. The van der Waals surface area contributed by atoms with Gasteiger partial charge in [-0.1, -0.05) is 46.9 Å². The molecule has 328 valence electrons. The van der Waals surface area contributed by atoms with Crippen LogP contribution in [0.3, 0.4) is 0 Å². The lowest BCUT2D eigenvalue weighted by molar-refractivity contribution is -0.385. The van der Waals surface area contributed by atoms with E-state index in [0.717, 1.165) is 30.7 Å². The maximum atomic E-state index is 12.2. The van der Waals surface area contributed by atoms with E-state index < -0.39 is 56.0 Å². The van der Waals surface area contributed by atoms with Gasteiger partial charge in [-0.15, -0.1) is 0 Å². The number of urea groups is 1. The number of halogens is 3. The van der Waals surface area contributed by atoms with Gasteiger partial charge >= 0.3 is 29.9 Å². The number of hydrogen-bond donors (Lipinski definition) is 4. The minimum Gasteiger partial charge on any atom is -0.480 e. The number of pyridine rings is 1. The average molecular weight is 947 g/mol. The second-order valence-electron chi connectivity index (χ2n) is 11.8. The van der Waals surface area contributed by atoms with Crippen LogP contribution in [-0.4, -0.2) is 88.3 Å². The van der Waals surface area contributed by atoms with Crippen LogP contribution in [0.25, 0.3) is 10.9 Å². The number of benzene rings is 4. The van der Waals surface area contributed by atoms with E-state index in [1.165, 1.54) is 44.4 Å². The van der Waals surface area contributed by atoms with Crippen LogP contribution in [0.5, 0.6) is 23.3 Å². The van der Waals surface area contributed by atoms with Gasteiger partial charge in [-0.25, -0.2) is 32.3 Å². The molecule has 2 aromatic heterocycles. The van der Waals surface area contributed by atoms with E-state index in [-0.39, 0.29) is 39.8 Å². The summed E-state index contributed by atoms with van der Waals surface area (Å²) in [5, 5.41) is 32.6. The van der Waals surface area contributed by atoms with Crippen LogP contribution in [0.15, 0.2) is 96.0 Å². The molecule has 0 spiro atoms. The van der Waals surface area contributed by atoms with Crippen molar-refractivity contribution in [2.45, 2.75) is 11.8 Å². The fourth-order valence-electron chi connectivity index (χ4n) is 4.85. The Bertz CT molecular complexity index is 2820. The highest BCUT2D eigenvalue weighted by Gasteiger charge is 2.25. The van der Waals surface area contributed by atoms with Crippen molar-refractivity contribution >= 4 is 91.3 Å². The summed E-state index contributed by atoms with van der Waals surface area (Å²) in [6, 6.07) is 18.8. The number of ether oxygens (including phenoxy) is 4. The number of esters is 1. The van der Waals surface area contributed by atoms with E-state index in [2.05, 4.69) is 30.0 Å². The number of hydrogen-bond acceptors (Lipinski definition) is 16. The van der Waals surface area contributed by atoms with Gasteiger partial charge in [0.05, 0.1) is 34.8 Å². The quantitative estimate of drug-likeness (QED) is 0.0534. The lowest BCUT2D eigenvalue weighted by atomic mass is 10.1. The molecule has 25 heteroatoms. The van der Waals surface area contributed by atoms with Crippen LogP contribution in [0, 0.1) is 17.0 Å². The van der Waals surface area contributed by atoms with Crippen LogP contribution >= 0.6 is 34.8 Å². The molecule has 2 heterocycles. The first-order valence-corrected chi connectivity index (χ1v) is 19.8.